The summed E-state index contributed by atoms with van der Waals surface area (Å²) in [5, 5.41) is 11.5. The van der Waals surface area contributed by atoms with Crippen molar-refractivity contribution in [3.05, 3.63) is 29.6 Å². The minimum atomic E-state index is -0.482. The van der Waals surface area contributed by atoms with Crippen LogP contribution < -0.4 is 10.2 Å². The van der Waals surface area contributed by atoms with Crippen molar-refractivity contribution in [3.63, 3.8) is 0 Å². The third kappa shape index (κ3) is 4.06. The van der Waals surface area contributed by atoms with Crippen LogP contribution >= 0.6 is 0 Å². The Kier molecular flexibility index (Phi) is 5.12. The van der Waals surface area contributed by atoms with Gasteiger partial charge in [-0.2, -0.15) is 5.26 Å². The van der Waals surface area contributed by atoms with Crippen molar-refractivity contribution in [1.82, 2.24) is 5.32 Å². The van der Waals surface area contributed by atoms with Crippen LogP contribution in [-0.4, -0.2) is 26.0 Å². The molecule has 1 aromatic rings. The molecule has 0 unspecified atom stereocenters. The number of rotatable bonds is 5. The Morgan fingerprint density at radius 3 is 2.83 bits per heavy atom. The van der Waals surface area contributed by atoms with Gasteiger partial charge in [0.25, 0.3) is 0 Å². The molecule has 0 bridgehead atoms. The SMILES string of the molecule is CCCNC(=O)CN(C)c1cc(F)cc(C#N)c1. The van der Waals surface area contributed by atoms with E-state index in [1.54, 1.807) is 18.0 Å². The molecule has 0 aliphatic rings. The predicted molar refractivity (Wildman–Crippen MR) is 67.7 cm³/mol. The molecule has 0 aliphatic heterocycles. The van der Waals surface area contributed by atoms with Gasteiger partial charge >= 0.3 is 0 Å². The summed E-state index contributed by atoms with van der Waals surface area (Å²) in [7, 11) is 1.68. The number of benzene rings is 1. The van der Waals surface area contributed by atoms with Gasteiger partial charge in [-0.25, -0.2) is 4.39 Å². The number of carbonyl (C=O) groups excluding carboxylic acids is 1. The van der Waals surface area contributed by atoms with Crippen molar-refractivity contribution in [1.29, 1.82) is 5.26 Å². The van der Waals surface area contributed by atoms with Gasteiger partial charge in [0.2, 0.25) is 5.91 Å². The Labute approximate surface area is 106 Å². The second-order valence-electron chi connectivity index (χ2n) is 4.02. The number of nitrogens with zero attached hydrogens (tertiary/aromatic N) is 2. The smallest absolute Gasteiger partial charge is 0.239 e. The number of likely N-dealkylation sites (N-methyl/N-ethyl adjacent to an activating group) is 1. The number of carbonyl (C=O) groups is 1. The first-order valence-corrected chi connectivity index (χ1v) is 5.75. The highest BCUT2D eigenvalue weighted by atomic mass is 19.1. The highest BCUT2D eigenvalue weighted by molar-refractivity contribution is 5.81. The lowest BCUT2D eigenvalue weighted by molar-refractivity contribution is -0.119. The zero-order chi connectivity index (χ0) is 13.5. The third-order valence-electron chi connectivity index (χ3n) is 2.41. The fourth-order valence-electron chi connectivity index (χ4n) is 1.49. The van der Waals surface area contributed by atoms with Crippen LogP contribution in [0.3, 0.4) is 0 Å². The van der Waals surface area contributed by atoms with Crippen molar-refractivity contribution in [3.8, 4) is 6.07 Å². The largest absolute Gasteiger partial charge is 0.365 e. The van der Waals surface area contributed by atoms with Gasteiger partial charge in [-0.05, 0) is 24.6 Å². The topological polar surface area (TPSA) is 56.1 Å². The van der Waals surface area contributed by atoms with Gasteiger partial charge in [-0.3, -0.25) is 4.79 Å². The maximum Gasteiger partial charge on any atom is 0.239 e. The fraction of sp³-hybridized carbons (Fsp3) is 0.385. The molecule has 0 aliphatic carbocycles. The number of hydrogen-bond acceptors (Lipinski definition) is 3. The summed E-state index contributed by atoms with van der Waals surface area (Å²) in [5.74, 6) is -0.605. The van der Waals surface area contributed by atoms with E-state index in [4.69, 9.17) is 5.26 Å². The van der Waals surface area contributed by atoms with E-state index in [1.165, 1.54) is 6.07 Å². The van der Waals surface area contributed by atoms with E-state index < -0.39 is 5.82 Å². The number of hydrogen-bond donors (Lipinski definition) is 1. The Morgan fingerprint density at radius 2 is 2.22 bits per heavy atom. The molecule has 0 heterocycles. The molecule has 96 valence electrons. The summed E-state index contributed by atoms with van der Waals surface area (Å²) < 4.78 is 13.2. The van der Waals surface area contributed by atoms with E-state index in [-0.39, 0.29) is 18.0 Å². The molecule has 1 rings (SSSR count). The first-order valence-electron chi connectivity index (χ1n) is 5.75. The van der Waals surface area contributed by atoms with Crippen LogP contribution in [0.25, 0.3) is 0 Å². The molecule has 0 atom stereocenters. The third-order valence-corrected chi connectivity index (χ3v) is 2.41. The van der Waals surface area contributed by atoms with Crippen LogP contribution in [-0.2, 0) is 4.79 Å². The molecule has 18 heavy (non-hydrogen) atoms. The summed E-state index contributed by atoms with van der Waals surface area (Å²) in [6.45, 7) is 2.73. The van der Waals surface area contributed by atoms with Gasteiger partial charge in [-0.15, -0.1) is 0 Å². The molecule has 1 N–H and O–H groups in total. The van der Waals surface area contributed by atoms with E-state index in [9.17, 15) is 9.18 Å². The van der Waals surface area contributed by atoms with Crippen LogP contribution in [0, 0.1) is 17.1 Å². The molecule has 0 aromatic heterocycles. The van der Waals surface area contributed by atoms with Crippen molar-refractivity contribution in [2.75, 3.05) is 25.0 Å². The van der Waals surface area contributed by atoms with Crippen LogP contribution in [0.2, 0.25) is 0 Å². The van der Waals surface area contributed by atoms with Gasteiger partial charge < -0.3 is 10.2 Å². The highest BCUT2D eigenvalue weighted by Crippen LogP contribution is 2.16. The molecule has 5 heteroatoms. The monoisotopic (exact) mass is 249 g/mol. The van der Waals surface area contributed by atoms with Crippen molar-refractivity contribution < 1.29 is 9.18 Å². The average Bonchev–Trinajstić information content (AvgIpc) is 2.35. The zero-order valence-electron chi connectivity index (χ0n) is 10.5. The van der Waals surface area contributed by atoms with E-state index in [1.807, 2.05) is 13.0 Å². The van der Waals surface area contributed by atoms with E-state index in [0.29, 0.717) is 12.2 Å². The molecule has 0 fully saturated rings. The lowest BCUT2D eigenvalue weighted by Gasteiger charge is -2.19. The normalized spacial score (nSPS) is 9.67. The summed E-state index contributed by atoms with van der Waals surface area (Å²) in [6.07, 6.45) is 0.869. The van der Waals surface area contributed by atoms with E-state index in [2.05, 4.69) is 5.32 Å². The summed E-state index contributed by atoms with van der Waals surface area (Å²) in [6, 6.07) is 5.90. The number of nitriles is 1. The summed E-state index contributed by atoms with van der Waals surface area (Å²) in [5.41, 5.74) is 0.754. The van der Waals surface area contributed by atoms with Crippen LogP contribution in [0.5, 0.6) is 0 Å². The molecule has 0 radical (unpaired) electrons. The van der Waals surface area contributed by atoms with Gasteiger partial charge in [0, 0.05) is 19.3 Å². The van der Waals surface area contributed by atoms with Gasteiger partial charge in [0.05, 0.1) is 18.2 Å². The first-order chi connectivity index (χ1) is 8.56. The number of amides is 1. The molecule has 0 saturated carbocycles. The van der Waals surface area contributed by atoms with Crippen LogP contribution in [0.1, 0.15) is 18.9 Å². The standard InChI is InChI=1S/C13H16FN3O/c1-3-4-16-13(18)9-17(2)12-6-10(8-15)5-11(14)7-12/h5-7H,3-4,9H2,1-2H3,(H,16,18). The van der Waals surface area contributed by atoms with Crippen molar-refractivity contribution in [2.45, 2.75) is 13.3 Å². The second kappa shape index (κ2) is 6.60. The van der Waals surface area contributed by atoms with Gasteiger partial charge in [0.15, 0.2) is 0 Å². The van der Waals surface area contributed by atoms with Gasteiger partial charge in [0.1, 0.15) is 5.82 Å². The lowest BCUT2D eigenvalue weighted by Crippen LogP contribution is -2.35. The van der Waals surface area contributed by atoms with Crippen molar-refractivity contribution >= 4 is 11.6 Å². The fourth-order valence-corrected chi connectivity index (χ4v) is 1.49. The number of nitrogens with one attached hydrogen (secondary N) is 1. The predicted octanol–water partition coefficient (Wildman–Crippen LogP) is 1.66. The minimum Gasteiger partial charge on any atom is -0.365 e. The quantitative estimate of drug-likeness (QED) is 0.863. The molecule has 0 saturated heterocycles. The molecule has 4 nitrogen and oxygen atoms in total. The summed E-state index contributed by atoms with van der Waals surface area (Å²) in [4.78, 5) is 13.1. The van der Waals surface area contributed by atoms with E-state index >= 15 is 0 Å². The Balaban J connectivity index is 2.72. The maximum atomic E-state index is 13.2. The molecular weight excluding hydrogens is 233 g/mol. The Bertz CT molecular complexity index is 468. The number of anilines is 1. The highest BCUT2D eigenvalue weighted by Gasteiger charge is 2.09. The Morgan fingerprint density at radius 1 is 1.50 bits per heavy atom. The molecule has 0 spiro atoms. The lowest BCUT2D eigenvalue weighted by atomic mass is 10.2. The number of halogens is 1. The average molecular weight is 249 g/mol. The minimum absolute atomic E-state index is 0.123. The molecular formula is C13H16FN3O. The van der Waals surface area contributed by atoms with Crippen LogP contribution in [0.4, 0.5) is 10.1 Å². The summed E-state index contributed by atoms with van der Waals surface area (Å²) >= 11 is 0. The van der Waals surface area contributed by atoms with Gasteiger partial charge in [-0.1, -0.05) is 6.92 Å². The first kappa shape index (κ1) is 14.0. The maximum absolute atomic E-state index is 13.2. The molecule has 1 amide bonds. The molecule has 1 aromatic carbocycles. The second-order valence-corrected chi connectivity index (χ2v) is 4.02. The van der Waals surface area contributed by atoms with Crippen LogP contribution in [0.15, 0.2) is 18.2 Å². The van der Waals surface area contributed by atoms with Crippen molar-refractivity contribution in [2.24, 2.45) is 0 Å². The zero-order valence-corrected chi connectivity index (χ0v) is 10.5. The Hall–Kier alpha value is -2.09. The van der Waals surface area contributed by atoms with E-state index in [0.717, 1.165) is 12.5 Å².